The summed E-state index contributed by atoms with van der Waals surface area (Å²) in [4.78, 5) is 49.0. The van der Waals surface area contributed by atoms with Gasteiger partial charge in [0.2, 0.25) is 0 Å². The van der Waals surface area contributed by atoms with Crippen LogP contribution in [0.15, 0.2) is 0 Å². The number of hydrogen-bond donors (Lipinski definition) is 1. The summed E-state index contributed by atoms with van der Waals surface area (Å²) in [6.45, 7) is 3.33. The van der Waals surface area contributed by atoms with E-state index in [9.17, 15) is 23.8 Å². The van der Waals surface area contributed by atoms with Gasteiger partial charge >= 0.3 is 18.0 Å². The standard InChI is InChI=1S/C41H80NO11P/c1-4-6-8-10-12-14-16-18-20-22-24-26-28-30-39(43)50-36-38(37-52-54(46,47)51-33-32-42-41(45)49-35-34-48-3)53-40(44)31-29-27-25-23-21-19-17-15-13-11-9-7-5-2/h38H,4-37H2,1-3H3,(H,42,45)(H,46,47)/p-1/t38-/m1/s1. The fourth-order valence-corrected chi connectivity index (χ4v) is 6.72. The summed E-state index contributed by atoms with van der Waals surface area (Å²) in [6.07, 6.45) is 29.6. The van der Waals surface area contributed by atoms with Gasteiger partial charge < -0.3 is 38.2 Å². The van der Waals surface area contributed by atoms with Gasteiger partial charge in [-0.2, -0.15) is 0 Å². The Balaban J connectivity index is 4.48. The second-order valence-corrected chi connectivity index (χ2v) is 15.8. The van der Waals surface area contributed by atoms with Gasteiger partial charge in [-0.1, -0.05) is 168 Å². The number of unbranched alkanes of at least 4 members (excludes halogenated alkanes) is 24. The molecule has 0 saturated carbocycles. The second kappa shape index (κ2) is 39.5. The van der Waals surface area contributed by atoms with Crippen LogP contribution in [0.25, 0.3) is 0 Å². The zero-order valence-corrected chi connectivity index (χ0v) is 35.5. The minimum atomic E-state index is -4.81. The third-order valence-electron chi connectivity index (χ3n) is 9.26. The first-order chi connectivity index (χ1) is 26.2. The van der Waals surface area contributed by atoms with Gasteiger partial charge in [0.05, 0.1) is 19.8 Å². The molecule has 2 atom stereocenters. The van der Waals surface area contributed by atoms with Crippen molar-refractivity contribution in [3.8, 4) is 0 Å². The van der Waals surface area contributed by atoms with Gasteiger partial charge in [-0.15, -0.1) is 0 Å². The van der Waals surface area contributed by atoms with E-state index in [2.05, 4.69) is 19.2 Å². The zero-order valence-electron chi connectivity index (χ0n) is 34.6. The van der Waals surface area contributed by atoms with Gasteiger partial charge in [-0.05, 0) is 12.8 Å². The van der Waals surface area contributed by atoms with Crippen molar-refractivity contribution in [2.24, 2.45) is 0 Å². The van der Waals surface area contributed by atoms with E-state index in [0.717, 1.165) is 38.5 Å². The molecule has 1 N–H and O–H groups in total. The van der Waals surface area contributed by atoms with Crippen LogP contribution in [-0.4, -0.2) is 70.8 Å². The van der Waals surface area contributed by atoms with E-state index in [1.165, 1.54) is 123 Å². The highest BCUT2D eigenvalue weighted by Gasteiger charge is 2.21. The van der Waals surface area contributed by atoms with Crippen molar-refractivity contribution in [2.45, 2.75) is 200 Å². The molecule has 320 valence electrons. The van der Waals surface area contributed by atoms with Crippen molar-refractivity contribution in [3.05, 3.63) is 0 Å². The Labute approximate surface area is 328 Å². The molecule has 0 saturated heterocycles. The SMILES string of the molecule is CCCCCCCCCCCCCCCC(=O)OC[C@H](COP(=O)([O-])OCCNC(=O)OCCOC)OC(=O)CCCCCCCCCCCCCCC. The van der Waals surface area contributed by atoms with Gasteiger partial charge in [0, 0.05) is 26.5 Å². The summed E-state index contributed by atoms with van der Waals surface area (Å²) in [5, 5.41) is 2.35. The maximum Gasteiger partial charge on any atom is 0.407 e. The number of alkyl carbamates (subject to hydrolysis) is 1. The van der Waals surface area contributed by atoms with E-state index in [4.69, 9.17) is 28.0 Å². The molecule has 0 bridgehead atoms. The molecule has 0 fully saturated rings. The fourth-order valence-electron chi connectivity index (χ4n) is 5.98. The molecule has 0 rings (SSSR count). The van der Waals surface area contributed by atoms with Crippen molar-refractivity contribution in [3.63, 3.8) is 0 Å². The molecule has 1 amide bonds. The monoisotopic (exact) mass is 793 g/mol. The predicted molar refractivity (Wildman–Crippen MR) is 212 cm³/mol. The molecule has 0 aliphatic carbocycles. The summed E-state index contributed by atoms with van der Waals surface area (Å²) < 4.78 is 42.6. The molecule has 0 radical (unpaired) electrons. The number of hydrogen-bond acceptors (Lipinski definition) is 11. The summed E-state index contributed by atoms with van der Waals surface area (Å²) in [7, 11) is -3.34. The Morgan fingerprint density at radius 2 is 0.963 bits per heavy atom. The van der Waals surface area contributed by atoms with Gasteiger partial charge in [-0.3, -0.25) is 14.2 Å². The lowest BCUT2D eigenvalue weighted by atomic mass is 10.0. The molecule has 1 unspecified atom stereocenters. The van der Waals surface area contributed by atoms with E-state index in [1.54, 1.807) is 0 Å². The molecule has 0 aliphatic rings. The van der Waals surface area contributed by atoms with Gasteiger partial charge in [-0.25, -0.2) is 4.79 Å². The topological polar surface area (TPSA) is 159 Å². The van der Waals surface area contributed by atoms with Crippen LogP contribution in [0.5, 0.6) is 0 Å². The number of amides is 1. The Hall–Kier alpha value is -1.72. The minimum Gasteiger partial charge on any atom is -0.756 e. The molecular formula is C41H79NO11P-. The van der Waals surface area contributed by atoms with Crippen molar-refractivity contribution in [1.29, 1.82) is 0 Å². The molecule has 0 aromatic carbocycles. The predicted octanol–water partition coefficient (Wildman–Crippen LogP) is 10.3. The van der Waals surface area contributed by atoms with Crippen LogP contribution < -0.4 is 10.2 Å². The molecule has 12 nitrogen and oxygen atoms in total. The molecule has 54 heavy (non-hydrogen) atoms. The first-order valence-electron chi connectivity index (χ1n) is 21.6. The lowest BCUT2D eigenvalue weighted by Crippen LogP contribution is -2.31. The van der Waals surface area contributed by atoms with Crippen LogP contribution in [0.4, 0.5) is 4.79 Å². The Bertz CT molecular complexity index is 924. The van der Waals surface area contributed by atoms with Crippen LogP contribution in [0.3, 0.4) is 0 Å². The number of esters is 2. The van der Waals surface area contributed by atoms with Gasteiger partial charge in [0.1, 0.15) is 13.2 Å². The van der Waals surface area contributed by atoms with Crippen molar-refractivity contribution in [2.75, 3.05) is 46.7 Å². The number of methoxy groups -OCH3 is 1. The number of nitrogens with one attached hydrogen (secondary N) is 1. The molecule has 0 spiro atoms. The molecule has 0 aromatic heterocycles. The number of phosphoric acid groups is 1. The lowest BCUT2D eigenvalue weighted by molar-refractivity contribution is -0.228. The van der Waals surface area contributed by atoms with E-state index in [0.29, 0.717) is 12.8 Å². The summed E-state index contributed by atoms with van der Waals surface area (Å²) in [5.74, 6) is -0.933. The van der Waals surface area contributed by atoms with Crippen LogP contribution in [0.2, 0.25) is 0 Å². The first-order valence-corrected chi connectivity index (χ1v) is 23.0. The third-order valence-corrected chi connectivity index (χ3v) is 10.2. The summed E-state index contributed by atoms with van der Waals surface area (Å²) in [5.41, 5.74) is 0. The van der Waals surface area contributed by atoms with E-state index in [1.807, 2.05) is 0 Å². The Kier molecular flexibility index (Phi) is 38.3. The molecular weight excluding hydrogens is 713 g/mol. The Morgan fingerprint density at radius 3 is 1.41 bits per heavy atom. The van der Waals surface area contributed by atoms with E-state index >= 15 is 0 Å². The maximum absolute atomic E-state index is 12.6. The fraction of sp³-hybridized carbons (Fsp3) is 0.927. The summed E-state index contributed by atoms with van der Waals surface area (Å²) >= 11 is 0. The highest BCUT2D eigenvalue weighted by Crippen LogP contribution is 2.38. The average Bonchev–Trinajstić information content (AvgIpc) is 3.15. The summed E-state index contributed by atoms with van der Waals surface area (Å²) in [6, 6.07) is 0. The number of rotatable bonds is 41. The number of carbonyl (C=O) groups is 3. The minimum absolute atomic E-state index is 0.0514. The Morgan fingerprint density at radius 1 is 0.537 bits per heavy atom. The van der Waals surface area contributed by atoms with Crippen molar-refractivity contribution < 1.29 is 51.8 Å². The van der Waals surface area contributed by atoms with Crippen LogP contribution in [0.1, 0.15) is 194 Å². The molecule has 13 heteroatoms. The van der Waals surface area contributed by atoms with Crippen LogP contribution in [-0.2, 0) is 42.1 Å². The second-order valence-electron chi connectivity index (χ2n) is 14.4. The third kappa shape index (κ3) is 38.6. The normalized spacial score (nSPS) is 13.0. The van der Waals surface area contributed by atoms with E-state index in [-0.39, 0.29) is 39.2 Å². The van der Waals surface area contributed by atoms with Crippen LogP contribution in [0, 0.1) is 0 Å². The maximum atomic E-state index is 12.6. The highest BCUT2D eigenvalue weighted by molar-refractivity contribution is 7.45. The zero-order chi connectivity index (χ0) is 39.8. The average molecular weight is 793 g/mol. The molecule has 0 heterocycles. The first kappa shape index (κ1) is 52.3. The van der Waals surface area contributed by atoms with E-state index < -0.39 is 45.2 Å². The largest absolute Gasteiger partial charge is 0.756 e. The number of ether oxygens (including phenoxy) is 4. The van der Waals surface area contributed by atoms with Crippen molar-refractivity contribution >= 4 is 25.9 Å². The quantitative estimate of drug-likeness (QED) is 0.0272. The molecule has 0 aliphatic heterocycles. The van der Waals surface area contributed by atoms with Crippen LogP contribution >= 0.6 is 7.82 Å². The molecule has 0 aromatic rings. The smallest absolute Gasteiger partial charge is 0.407 e. The highest BCUT2D eigenvalue weighted by atomic mass is 31.2. The number of phosphoric ester groups is 1. The van der Waals surface area contributed by atoms with Gasteiger partial charge in [0.25, 0.3) is 7.82 Å². The lowest BCUT2D eigenvalue weighted by Gasteiger charge is -2.25. The van der Waals surface area contributed by atoms with Crippen molar-refractivity contribution in [1.82, 2.24) is 5.32 Å². The van der Waals surface area contributed by atoms with Gasteiger partial charge in [0.15, 0.2) is 6.10 Å². The number of carbonyl (C=O) groups excluding carboxylic acids is 3.